The third kappa shape index (κ3) is 4.98. The summed E-state index contributed by atoms with van der Waals surface area (Å²) in [5, 5.41) is 2.82. The van der Waals surface area contributed by atoms with Crippen LogP contribution in [0, 0.1) is 29.1 Å². The first-order valence-corrected chi connectivity index (χ1v) is 13.4. The Morgan fingerprint density at radius 2 is 1.23 bits per heavy atom. The number of hydrogen-bond acceptors (Lipinski definition) is 7. The molecule has 2 saturated heterocycles. The molecule has 0 radical (unpaired) electrons. The van der Waals surface area contributed by atoms with E-state index >= 15 is 0 Å². The van der Waals surface area contributed by atoms with Crippen molar-refractivity contribution in [1.82, 2.24) is 0 Å². The zero-order valence-corrected chi connectivity index (χ0v) is 20.3. The van der Waals surface area contributed by atoms with Gasteiger partial charge >= 0.3 is 11.9 Å². The smallest absolute Gasteiger partial charge is 0.309 e. The van der Waals surface area contributed by atoms with Crippen LogP contribution in [0.15, 0.2) is 0 Å². The van der Waals surface area contributed by atoms with Gasteiger partial charge in [0.05, 0.1) is 23.9 Å². The van der Waals surface area contributed by atoms with Crippen LogP contribution in [0.2, 0.25) is 0 Å². The first-order chi connectivity index (χ1) is 14.4. The van der Waals surface area contributed by atoms with Crippen molar-refractivity contribution >= 4 is 35.5 Å². The SMILES string of the molecule is CCC(COC)(COC(=O)C1CC2SC2CC1C)COC(=O)C1CC2SC2CC1C. The van der Waals surface area contributed by atoms with Gasteiger partial charge in [-0.1, -0.05) is 20.8 Å². The third-order valence-corrected chi connectivity index (χ3v) is 10.6. The van der Waals surface area contributed by atoms with Crippen molar-refractivity contribution in [3.63, 3.8) is 0 Å². The van der Waals surface area contributed by atoms with Crippen molar-refractivity contribution in [2.24, 2.45) is 29.1 Å². The Labute approximate surface area is 189 Å². The highest BCUT2D eigenvalue weighted by atomic mass is 32.2. The van der Waals surface area contributed by atoms with Gasteiger partial charge in [-0.2, -0.15) is 23.5 Å². The summed E-state index contributed by atoms with van der Waals surface area (Å²) in [5.41, 5.74) is -0.483. The van der Waals surface area contributed by atoms with E-state index in [0.717, 1.165) is 42.6 Å². The van der Waals surface area contributed by atoms with Crippen LogP contribution in [0.4, 0.5) is 0 Å². The Bertz CT molecular complexity index is 608. The zero-order chi connectivity index (χ0) is 21.5. The zero-order valence-electron chi connectivity index (χ0n) is 18.6. The molecule has 30 heavy (non-hydrogen) atoms. The molecule has 0 spiro atoms. The lowest BCUT2D eigenvalue weighted by molar-refractivity contribution is -0.165. The van der Waals surface area contributed by atoms with Gasteiger partial charge in [0.1, 0.15) is 13.2 Å². The Morgan fingerprint density at radius 3 is 1.63 bits per heavy atom. The minimum Gasteiger partial charge on any atom is -0.465 e. The van der Waals surface area contributed by atoms with E-state index in [-0.39, 0.29) is 37.0 Å². The molecule has 0 aromatic rings. The molecule has 0 aromatic heterocycles. The van der Waals surface area contributed by atoms with Crippen LogP contribution in [-0.4, -0.2) is 59.9 Å². The molecule has 2 heterocycles. The van der Waals surface area contributed by atoms with Gasteiger partial charge in [0.15, 0.2) is 0 Å². The van der Waals surface area contributed by atoms with E-state index < -0.39 is 5.41 Å². The summed E-state index contributed by atoms with van der Waals surface area (Å²) in [7, 11) is 1.65. The fourth-order valence-electron chi connectivity index (χ4n) is 5.27. The molecule has 0 aromatic carbocycles. The van der Waals surface area contributed by atoms with Crippen molar-refractivity contribution < 1.29 is 23.8 Å². The summed E-state index contributed by atoms with van der Waals surface area (Å²) in [4.78, 5) is 25.7. The molecule has 7 heteroatoms. The first-order valence-electron chi connectivity index (χ1n) is 11.5. The molecule has 8 atom stereocenters. The van der Waals surface area contributed by atoms with E-state index in [0.29, 0.717) is 28.9 Å². The molecule has 0 N–H and O–H groups in total. The van der Waals surface area contributed by atoms with Crippen LogP contribution >= 0.6 is 23.5 Å². The molecule has 4 rings (SSSR count). The molecule has 8 unspecified atom stereocenters. The highest BCUT2D eigenvalue weighted by molar-refractivity contribution is 8.08. The number of ether oxygens (including phenoxy) is 3. The molecule has 0 amide bonds. The monoisotopic (exact) mass is 456 g/mol. The average molecular weight is 457 g/mol. The van der Waals surface area contributed by atoms with Crippen LogP contribution < -0.4 is 0 Å². The quantitative estimate of drug-likeness (QED) is 0.381. The van der Waals surface area contributed by atoms with E-state index in [1.807, 2.05) is 30.4 Å². The second-order valence-electron chi connectivity index (χ2n) is 10.0. The lowest BCUT2D eigenvalue weighted by Crippen LogP contribution is -2.41. The fourth-order valence-corrected chi connectivity index (χ4v) is 7.90. The number of fused-ring (bicyclic) bond motifs is 2. The lowest BCUT2D eigenvalue weighted by atomic mass is 9.80. The summed E-state index contributed by atoms with van der Waals surface area (Å²) in [5.74, 6) is 0.558. The molecule has 170 valence electrons. The molecule has 4 fully saturated rings. The van der Waals surface area contributed by atoms with Crippen LogP contribution in [0.25, 0.3) is 0 Å². The largest absolute Gasteiger partial charge is 0.465 e. The topological polar surface area (TPSA) is 61.8 Å². The maximum absolute atomic E-state index is 12.8. The van der Waals surface area contributed by atoms with Crippen LogP contribution in [0.1, 0.15) is 52.9 Å². The van der Waals surface area contributed by atoms with Gasteiger partial charge < -0.3 is 14.2 Å². The van der Waals surface area contributed by atoms with Gasteiger partial charge in [0.2, 0.25) is 0 Å². The van der Waals surface area contributed by atoms with E-state index in [2.05, 4.69) is 13.8 Å². The number of esters is 2. The van der Waals surface area contributed by atoms with Crippen molar-refractivity contribution in [1.29, 1.82) is 0 Å². The van der Waals surface area contributed by atoms with Crippen LogP contribution in [0.5, 0.6) is 0 Å². The number of hydrogen-bond donors (Lipinski definition) is 0. The maximum Gasteiger partial charge on any atom is 0.309 e. The van der Waals surface area contributed by atoms with Crippen LogP contribution in [0.3, 0.4) is 0 Å². The second-order valence-corrected chi connectivity index (χ2v) is 13.0. The summed E-state index contributed by atoms with van der Waals surface area (Å²) in [6.45, 7) is 7.27. The standard InChI is InChI=1S/C23H36O5S2/c1-5-23(10-26-4,11-27-21(24)15-8-19-17(29-19)6-13(15)2)12-28-22(25)16-9-20-18(30-20)7-14(16)3/h13-20H,5-12H2,1-4H3. The number of rotatable bonds is 9. The number of thioether (sulfide) groups is 2. The Kier molecular flexibility index (Phi) is 7.00. The molecule has 5 nitrogen and oxygen atoms in total. The van der Waals surface area contributed by atoms with Gasteiger partial charge in [-0.15, -0.1) is 0 Å². The minimum atomic E-state index is -0.483. The predicted octanol–water partition coefficient (Wildman–Crippen LogP) is 4.18. The number of carbonyl (C=O) groups is 2. The van der Waals surface area contributed by atoms with Crippen molar-refractivity contribution in [2.45, 2.75) is 73.9 Å². The molecule has 0 bridgehead atoms. The van der Waals surface area contributed by atoms with E-state index in [1.165, 1.54) is 0 Å². The first kappa shape index (κ1) is 22.8. The molecule has 4 aliphatic rings. The van der Waals surface area contributed by atoms with E-state index in [4.69, 9.17) is 14.2 Å². The normalized spacial score (nSPS) is 41.1. The summed E-state index contributed by atoms with van der Waals surface area (Å²) >= 11 is 4.00. The highest BCUT2D eigenvalue weighted by Crippen LogP contribution is 2.55. The maximum atomic E-state index is 12.8. The molecule has 2 aliphatic carbocycles. The second kappa shape index (κ2) is 9.22. The third-order valence-electron chi connectivity index (χ3n) is 7.78. The van der Waals surface area contributed by atoms with E-state index in [1.54, 1.807) is 7.11 Å². The minimum absolute atomic E-state index is 0.00650. The van der Waals surface area contributed by atoms with Crippen molar-refractivity contribution in [3.8, 4) is 0 Å². The van der Waals surface area contributed by atoms with Crippen LogP contribution in [-0.2, 0) is 23.8 Å². The van der Waals surface area contributed by atoms with Gasteiger partial charge in [0.25, 0.3) is 0 Å². The Hall–Kier alpha value is -0.400. The van der Waals surface area contributed by atoms with Crippen molar-refractivity contribution in [2.75, 3.05) is 26.9 Å². The highest BCUT2D eigenvalue weighted by Gasteiger charge is 2.50. The average Bonchev–Trinajstić information content (AvgIpc) is 3.63. The van der Waals surface area contributed by atoms with Gasteiger partial charge in [0, 0.05) is 28.1 Å². The number of methoxy groups -OCH3 is 1. The molecule has 2 aliphatic heterocycles. The molecule has 2 saturated carbocycles. The molecular weight excluding hydrogens is 420 g/mol. The predicted molar refractivity (Wildman–Crippen MR) is 121 cm³/mol. The van der Waals surface area contributed by atoms with E-state index in [9.17, 15) is 9.59 Å². The van der Waals surface area contributed by atoms with Gasteiger partial charge in [-0.25, -0.2) is 0 Å². The van der Waals surface area contributed by atoms with Crippen molar-refractivity contribution in [3.05, 3.63) is 0 Å². The lowest BCUT2D eigenvalue weighted by Gasteiger charge is -2.34. The molecular formula is C23H36O5S2. The fraction of sp³-hybridized carbons (Fsp3) is 0.913. The van der Waals surface area contributed by atoms with Gasteiger partial charge in [-0.05, 0) is 43.9 Å². The van der Waals surface area contributed by atoms with Gasteiger partial charge in [-0.3, -0.25) is 9.59 Å². The Balaban J connectivity index is 1.31. The summed E-state index contributed by atoms with van der Waals surface area (Å²) in [6, 6.07) is 0. The summed E-state index contributed by atoms with van der Waals surface area (Å²) < 4.78 is 17.1. The number of carbonyl (C=O) groups excluding carboxylic acids is 2. The Morgan fingerprint density at radius 1 is 0.800 bits per heavy atom. The summed E-state index contributed by atoms with van der Waals surface area (Å²) in [6.07, 6.45) is 4.83.